The van der Waals surface area contributed by atoms with E-state index in [0.29, 0.717) is 34.9 Å². The number of hydrogen-bond donors (Lipinski definition) is 2. The third-order valence-corrected chi connectivity index (χ3v) is 5.45. The Hall–Kier alpha value is -3.34. The topological polar surface area (TPSA) is 148 Å². The van der Waals surface area contributed by atoms with Crippen molar-refractivity contribution in [3.8, 4) is 17.2 Å². The van der Waals surface area contributed by atoms with Crippen LogP contribution in [0.25, 0.3) is 11.3 Å². The van der Waals surface area contributed by atoms with Crippen LogP contribution in [-0.4, -0.2) is 15.0 Å². The predicted octanol–water partition coefficient (Wildman–Crippen LogP) is 3.00. The number of phosphoric ester groups is 1. The molecule has 0 fully saturated rings. The molecule has 182 valence electrons. The number of hydrogen-bond acceptors (Lipinski definition) is 8. The van der Waals surface area contributed by atoms with Crippen LogP contribution in [0.1, 0.15) is 16.8 Å². The van der Waals surface area contributed by atoms with Crippen molar-refractivity contribution in [2.75, 3.05) is 5.73 Å². The molecule has 0 aliphatic rings. The zero-order valence-electron chi connectivity index (χ0n) is 18.0. The third kappa shape index (κ3) is 6.84. The fourth-order valence-electron chi connectivity index (χ4n) is 3.20. The van der Waals surface area contributed by atoms with Gasteiger partial charge >= 0.3 is 0 Å². The monoisotopic (exact) mass is 520 g/mol. The van der Waals surface area contributed by atoms with Gasteiger partial charge in [0.05, 0.1) is 11.9 Å². The standard InChI is InChI=1S/C22H19ClFN4O6P/c23-16-6-15(7-17(24)9-16)12-32-21-4-3-14(11-26-21)8-18-10-20(34-27-18)19-2-1-5-28(22(19)25)13-33-35(29,30)31/h1-7,9-11,25H,8,12-13H2,(H2,29,30,31). The van der Waals surface area contributed by atoms with Crippen molar-refractivity contribution in [1.82, 2.24) is 10.1 Å². The van der Waals surface area contributed by atoms with Crippen molar-refractivity contribution in [3.05, 3.63) is 88.6 Å². The summed E-state index contributed by atoms with van der Waals surface area (Å²) < 4.78 is 40.9. The smallest absolute Gasteiger partial charge is 0.285 e. The molecular weight excluding hydrogens is 502 g/mol. The van der Waals surface area contributed by atoms with E-state index in [1.54, 1.807) is 36.5 Å². The number of rotatable bonds is 9. The Morgan fingerprint density at radius 2 is 2.06 bits per heavy atom. The Morgan fingerprint density at radius 1 is 1.23 bits per heavy atom. The van der Waals surface area contributed by atoms with Crippen LogP contribution in [0.5, 0.6) is 5.88 Å². The summed E-state index contributed by atoms with van der Waals surface area (Å²) in [5.74, 6) is 0.448. The number of phosphoric acid groups is 1. The van der Waals surface area contributed by atoms with Crippen molar-refractivity contribution in [2.45, 2.75) is 19.8 Å². The van der Waals surface area contributed by atoms with Crippen LogP contribution in [0.2, 0.25) is 5.02 Å². The van der Waals surface area contributed by atoms with Gasteiger partial charge in [-0.3, -0.25) is 14.8 Å². The second-order valence-electron chi connectivity index (χ2n) is 7.43. The van der Waals surface area contributed by atoms with Gasteiger partial charge in [-0.1, -0.05) is 22.8 Å². The molecule has 3 N–H and O–H groups in total. The van der Waals surface area contributed by atoms with Gasteiger partial charge in [-0.25, -0.2) is 13.9 Å². The largest absolute Gasteiger partial charge is 0.756 e. The van der Waals surface area contributed by atoms with Crippen molar-refractivity contribution in [1.29, 1.82) is 0 Å². The number of ether oxygens (including phenoxy) is 1. The number of pyridine rings is 2. The Bertz CT molecular complexity index is 1360. The summed E-state index contributed by atoms with van der Waals surface area (Å²) in [5, 5.41) is 4.34. The molecule has 0 amide bonds. The molecule has 1 aromatic carbocycles. The summed E-state index contributed by atoms with van der Waals surface area (Å²) in [7, 11) is -4.90. The van der Waals surface area contributed by atoms with Gasteiger partial charge in [0.1, 0.15) is 18.0 Å². The molecule has 0 aliphatic carbocycles. The highest BCUT2D eigenvalue weighted by molar-refractivity contribution is 7.44. The number of nitrogens with zero attached hydrogens (tertiary/aromatic N) is 3. The van der Waals surface area contributed by atoms with Gasteiger partial charge in [0.25, 0.3) is 13.6 Å². The van der Waals surface area contributed by atoms with Crippen LogP contribution >= 0.6 is 19.4 Å². The van der Waals surface area contributed by atoms with E-state index in [-0.39, 0.29) is 17.4 Å². The lowest BCUT2D eigenvalue weighted by molar-refractivity contribution is -0.712. The van der Waals surface area contributed by atoms with Crippen LogP contribution in [0, 0.1) is 5.82 Å². The Labute approximate surface area is 203 Å². The van der Waals surface area contributed by atoms with Crippen molar-refractivity contribution in [3.63, 3.8) is 0 Å². The summed E-state index contributed by atoms with van der Waals surface area (Å²) in [6.45, 7) is -0.380. The maximum atomic E-state index is 13.4. The number of halogens is 2. The fraction of sp³-hybridized carbons (Fsp3) is 0.136. The maximum Gasteiger partial charge on any atom is 0.285 e. The normalized spacial score (nSPS) is 12.9. The molecule has 0 spiro atoms. The molecule has 0 radical (unpaired) electrons. The number of benzene rings is 1. The van der Waals surface area contributed by atoms with E-state index in [1.807, 2.05) is 6.07 Å². The molecule has 3 aromatic heterocycles. The SMILES string of the molecule is Nc1c(-c2cc(Cc3ccc(OCc4cc(F)cc(Cl)c4)nc3)no2)ccc[n+]1COP(=O)([O-])O. The first-order valence-corrected chi connectivity index (χ1v) is 12.0. The van der Waals surface area contributed by atoms with Crippen molar-refractivity contribution >= 4 is 25.2 Å². The Balaban J connectivity index is 1.40. The van der Waals surface area contributed by atoms with E-state index in [9.17, 15) is 13.8 Å². The second kappa shape index (κ2) is 10.5. The number of aromatic nitrogens is 3. The first-order valence-electron chi connectivity index (χ1n) is 10.1. The highest BCUT2D eigenvalue weighted by atomic mass is 35.5. The molecule has 4 aromatic rings. The van der Waals surface area contributed by atoms with E-state index in [0.717, 1.165) is 5.56 Å². The minimum absolute atomic E-state index is 0.116. The lowest BCUT2D eigenvalue weighted by Gasteiger charge is -2.14. The molecule has 0 saturated heterocycles. The van der Waals surface area contributed by atoms with E-state index in [1.165, 1.54) is 22.9 Å². The highest BCUT2D eigenvalue weighted by Gasteiger charge is 2.18. The average molecular weight is 521 g/mol. The molecule has 10 nitrogen and oxygen atoms in total. The van der Waals surface area contributed by atoms with Gasteiger partial charge in [-0.2, -0.15) is 0 Å². The third-order valence-electron chi connectivity index (χ3n) is 4.79. The van der Waals surface area contributed by atoms with Crippen molar-refractivity contribution < 1.29 is 37.1 Å². The number of nitrogen functional groups attached to an aromatic ring is 1. The molecule has 1 unspecified atom stereocenters. The predicted molar refractivity (Wildman–Crippen MR) is 120 cm³/mol. The van der Waals surface area contributed by atoms with Gasteiger partial charge in [-0.05, 0) is 41.5 Å². The van der Waals surface area contributed by atoms with Crippen LogP contribution in [0.4, 0.5) is 10.2 Å². The minimum Gasteiger partial charge on any atom is -0.756 e. The molecule has 1 atom stereocenters. The molecule has 35 heavy (non-hydrogen) atoms. The van der Waals surface area contributed by atoms with E-state index >= 15 is 0 Å². The van der Waals surface area contributed by atoms with E-state index in [2.05, 4.69) is 14.7 Å². The van der Waals surface area contributed by atoms with Gasteiger partial charge < -0.3 is 19.0 Å². The van der Waals surface area contributed by atoms with Crippen molar-refractivity contribution in [2.24, 2.45) is 0 Å². The molecular formula is C22H19ClFN4O6P. The van der Waals surface area contributed by atoms with Gasteiger partial charge in [0.15, 0.2) is 12.5 Å². The first kappa shape index (κ1) is 24.8. The summed E-state index contributed by atoms with van der Waals surface area (Å²) in [4.78, 5) is 23.9. The van der Waals surface area contributed by atoms with Gasteiger partial charge in [-0.15, -0.1) is 0 Å². The number of anilines is 1. The van der Waals surface area contributed by atoms with Gasteiger partial charge in [0.2, 0.25) is 5.88 Å². The Kier molecular flexibility index (Phi) is 7.44. The van der Waals surface area contributed by atoms with Crippen LogP contribution in [-0.2, 0) is 28.8 Å². The second-order valence-corrected chi connectivity index (χ2v) is 9.07. The fourth-order valence-corrected chi connectivity index (χ4v) is 3.72. The van der Waals surface area contributed by atoms with Crippen LogP contribution in [0.3, 0.4) is 0 Å². The zero-order valence-corrected chi connectivity index (χ0v) is 19.7. The molecule has 13 heteroatoms. The molecule has 0 bridgehead atoms. The highest BCUT2D eigenvalue weighted by Crippen LogP contribution is 2.30. The molecule has 0 saturated carbocycles. The van der Waals surface area contributed by atoms with Gasteiger partial charge in [0, 0.05) is 29.8 Å². The summed E-state index contributed by atoms with van der Waals surface area (Å²) in [6.07, 6.45) is 3.53. The molecule has 0 aliphatic heterocycles. The minimum atomic E-state index is -4.90. The molecule has 3 heterocycles. The lowest BCUT2D eigenvalue weighted by Crippen LogP contribution is -2.38. The quantitative estimate of drug-likeness (QED) is 0.251. The first-order chi connectivity index (χ1) is 16.7. The average Bonchev–Trinajstić information content (AvgIpc) is 3.25. The maximum absolute atomic E-state index is 13.4. The van der Waals surface area contributed by atoms with E-state index < -0.39 is 20.4 Å². The summed E-state index contributed by atoms with van der Waals surface area (Å²) in [6, 6.07) is 12.7. The van der Waals surface area contributed by atoms with Crippen LogP contribution in [0.15, 0.2) is 65.4 Å². The molecule has 4 rings (SSSR count). The summed E-state index contributed by atoms with van der Waals surface area (Å²) >= 11 is 5.85. The Morgan fingerprint density at radius 3 is 2.77 bits per heavy atom. The number of nitrogens with two attached hydrogens (primary N) is 1. The lowest BCUT2D eigenvalue weighted by atomic mass is 10.1. The summed E-state index contributed by atoms with van der Waals surface area (Å²) in [5.41, 5.74) is 8.58. The van der Waals surface area contributed by atoms with E-state index in [4.69, 9.17) is 31.5 Å². The van der Waals surface area contributed by atoms with Crippen LogP contribution < -0.4 is 19.9 Å². The zero-order chi connectivity index (χ0) is 25.0.